The first kappa shape index (κ1) is 14.9. The second kappa shape index (κ2) is 7.35. The number of hydrogen-bond donors (Lipinski definition) is 3. The van der Waals surface area contributed by atoms with E-state index in [0.29, 0.717) is 6.42 Å². The smallest absolute Gasteiger partial charge is 0.320 e. The Labute approximate surface area is 121 Å². The Morgan fingerprint density at radius 1 is 1.24 bits per heavy atom. The minimum absolute atomic E-state index is 0.113. The maximum atomic E-state index is 12.7. The minimum atomic E-state index is -0.681. The number of aromatic nitrogens is 1. The van der Waals surface area contributed by atoms with Gasteiger partial charge in [0, 0.05) is 13.0 Å². The Morgan fingerprint density at radius 2 is 2.00 bits per heavy atom. The first-order valence-corrected chi connectivity index (χ1v) is 6.52. The van der Waals surface area contributed by atoms with E-state index in [2.05, 4.69) is 15.6 Å². The average Bonchev–Trinajstić information content (AvgIpc) is 2.49. The lowest BCUT2D eigenvalue weighted by Gasteiger charge is -2.12. The summed E-state index contributed by atoms with van der Waals surface area (Å²) in [5, 5.41) is 14.8. The van der Waals surface area contributed by atoms with E-state index >= 15 is 0 Å². The number of anilines is 1. The van der Waals surface area contributed by atoms with Gasteiger partial charge in [-0.05, 0) is 17.7 Å². The van der Waals surface area contributed by atoms with Gasteiger partial charge in [0.2, 0.25) is 0 Å². The van der Waals surface area contributed by atoms with Crippen LogP contribution in [0.3, 0.4) is 0 Å². The van der Waals surface area contributed by atoms with Crippen LogP contribution in [0.25, 0.3) is 0 Å². The standard InChI is InChI=1S/C15H16FN3O2/c16-12-6-7-14(17-9-12)19-15(21)18-10-13(20)8-11-4-2-1-3-5-11/h1-7,9,13,20H,8,10H2,(H2,17,18,19,21)/t13-/m1/s1. The Balaban J connectivity index is 1.74. The minimum Gasteiger partial charge on any atom is -0.391 e. The maximum Gasteiger partial charge on any atom is 0.320 e. The van der Waals surface area contributed by atoms with E-state index in [1.54, 1.807) is 0 Å². The van der Waals surface area contributed by atoms with Gasteiger partial charge in [-0.15, -0.1) is 0 Å². The Kier molecular flexibility index (Phi) is 5.22. The van der Waals surface area contributed by atoms with Crippen molar-refractivity contribution in [2.75, 3.05) is 11.9 Å². The molecule has 0 fully saturated rings. The largest absolute Gasteiger partial charge is 0.391 e. The lowest BCUT2D eigenvalue weighted by atomic mass is 10.1. The Morgan fingerprint density at radius 3 is 2.67 bits per heavy atom. The van der Waals surface area contributed by atoms with Crippen LogP contribution < -0.4 is 10.6 Å². The molecule has 1 atom stereocenters. The monoisotopic (exact) mass is 289 g/mol. The van der Waals surface area contributed by atoms with Crippen molar-refractivity contribution in [2.45, 2.75) is 12.5 Å². The van der Waals surface area contributed by atoms with Crippen LogP contribution in [0.4, 0.5) is 15.0 Å². The van der Waals surface area contributed by atoms with Gasteiger partial charge in [-0.25, -0.2) is 14.2 Å². The number of carbonyl (C=O) groups excluding carboxylic acids is 1. The number of pyridine rings is 1. The van der Waals surface area contributed by atoms with E-state index in [9.17, 15) is 14.3 Å². The fraction of sp³-hybridized carbons (Fsp3) is 0.200. The lowest BCUT2D eigenvalue weighted by Crippen LogP contribution is -2.36. The highest BCUT2D eigenvalue weighted by Crippen LogP contribution is 2.04. The molecule has 0 unspecified atom stereocenters. The number of halogens is 1. The molecule has 0 aliphatic carbocycles. The maximum absolute atomic E-state index is 12.7. The molecule has 3 N–H and O–H groups in total. The number of urea groups is 1. The molecule has 2 aromatic rings. The molecule has 1 aromatic carbocycles. The molecule has 0 aliphatic heterocycles. The third-order valence-electron chi connectivity index (χ3n) is 2.78. The van der Waals surface area contributed by atoms with E-state index in [4.69, 9.17) is 0 Å². The first-order valence-electron chi connectivity index (χ1n) is 6.52. The zero-order chi connectivity index (χ0) is 15.1. The van der Waals surface area contributed by atoms with Gasteiger partial charge in [-0.2, -0.15) is 0 Å². The highest BCUT2D eigenvalue weighted by atomic mass is 19.1. The number of hydrogen-bond acceptors (Lipinski definition) is 3. The van der Waals surface area contributed by atoms with Gasteiger partial charge < -0.3 is 10.4 Å². The summed E-state index contributed by atoms with van der Waals surface area (Å²) in [6.45, 7) is 0.113. The number of benzene rings is 1. The molecule has 2 amide bonds. The van der Waals surface area contributed by atoms with Crippen LogP contribution in [0.1, 0.15) is 5.56 Å². The summed E-state index contributed by atoms with van der Waals surface area (Å²) < 4.78 is 12.7. The average molecular weight is 289 g/mol. The molecule has 110 valence electrons. The van der Waals surface area contributed by atoms with Crippen LogP contribution in [-0.2, 0) is 6.42 Å². The predicted molar refractivity (Wildman–Crippen MR) is 77.4 cm³/mol. The number of aliphatic hydroxyl groups excluding tert-OH is 1. The topological polar surface area (TPSA) is 74.2 Å². The molecule has 2 rings (SSSR count). The summed E-state index contributed by atoms with van der Waals surface area (Å²) in [6.07, 6.45) is 0.787. The Bertz CT molecular complexity index is 575. The van der Waals surface area contributed by atoms with Gasteiger partial charge in [-0.3, -0.25) is 5.32 Å². The number of carbonyl (C=O) groups is 1. The summed E-state index contributed by atoms with van der Waals surface area (Å²) in [5.74, 6) is -0.231. The fourth-order valence-corrected chi connectivity index (χ4v) is 1.78. The summed E-state index contributed by atoms with van der Waals surface area (Å²) in [4.78, 5) is 15.3. The molecule has 1 heterocycles. The highest BCUT2D eigenvalue weighted by molar-refractivity contribution is 5.88. The zero-order valence-electron chi connectivity index (χ0n) is 11.3. The van der Waals surface area contributed by atoms with Gasteiger partial charge in [0.05, 0.1) is 12.3 Å². The van der Waals surface area contributed by atoms with Gasteiger partial charge in [0.25, 0.3) is 0 Å². The van der Waals surface area contributed by atoms with Crippen molar-refractivity contribution in [3.63, 3.8) is 0 Å². The van der Waals surface area contributed by atoms with E-state index in [1.807, 2.05) is 30.3 Å². The third-order valence-corrected chi connectivity index (χ3v) is 2.78. The van der Waals surface area contributed by atoms with E-state index < -0.39 is 18.0 Å². The molecule has 5 nitrogen and oxygen atoms in total. The molecule has 0 radical (unpaired) electrons. The van der Waals surface area contributed by atoms with Crippen molar-refractivity contribution in [1.82, 2.24) is 10.3 Å². The van der Waals surface area contributed by atoms with Crippen LogP contribution in [0.15, 0.2) is 48.7 Å². The number of amides is 2. The van der Waals surface area contributed by atoms with E-state index in [0.717, 1.165) is 11.8 Å². The molecule has 1 aromatic heterocycles. The second-order valence-corrected chi connectivity index (χ2v) is 4.54. The van der Waals surface area contributed by atoms with Crippen molar-refractivity contribution >= 4 is 11.8 Å². The zero-order valence-corrected chi connectivity index (χ0v) is 11.3. The molecule has 0 spiro atoms. The second-order valence-electron chi connectivity index (χ2n) is 4.54. The van der Waals surface area contributed by atoms with Gasteiger partial charge in [0.1, 0.15) is 11.6 Å². The molecule has 0 bridgehead atoms. The molecule has 21 heavy (non-hydrogen) atoms. The Hall–Kier alpha value is -2.47. The van der Waals surface area contributed by atoms with Crippen LogP contribution in [0, 0.1) is 5.82 Å². The van der Waals surface area contributed by atoms with E-state index in [1.165, 1.54) is 12.1 Å². The molecule has 6 heteroatoms. The first-order chi connectivity index (χ1) is 10.1. The van der Waals surface area contributed by atoms with Gasteiger partial charge >= 0.3 is 6.03 Å². The van der Waals surface area contributed by atoms with Crippen molar-refractivity contribution in [1.29, 1.82) is 0 Å². The number of nitrogens with one attached hydrogen (secondary N) is 2. The lowest BCUT2D eigenvalue weighted by molar-refractivity contribution is 0.172. The van der Waals surface area contributed by atoms with Crippen LogP contribution in [0.2, 0.25) is 0 Å². The van der Waals surface area contributed by atoms with Crippen LogP contribution in [0.5, 0.6) is 0 Å². The summed E-state index contributed by atoms with van der Waals surface area (Å²) in [7, 11) is 0. The predicted octanol–water partition coefficient (Wildman–Crippen LogP) is 1.95. The highest BCUT2D eigenvalue weighted by Gasteiger charge is 2.08. The summed E-state index contributed by atoms with van der Waals surface area (Å²) in [5.41, 5.74) is 0.993. The van der Waals surface area contributed by atoms with Crippen molar-refractivity contribution < 1.29 is 14.3 Å². The molecular weight excluding hydrogens is 273 g/mol. The number of nitrogens with zero attached hydrogens (tertiary/aromatic N) is 1. The summed E-state index contributed by atoms with van der Waals surface area (Å²) in [6, 6.07) is 11.6. The SMILES string of the molecule is O=C(NC[C@H](O)Cc1ccccc1)Nc1ccc(F)cn1. The van der Waals surface area contributed by atoms with Crippen molar-refractivity contribution in [3.05, 3.63) is 60.0 Å². The number of aliphatic hydroxyl groups is 1. The van der Waals surface area contributed by atoms with Gasteiger partial charge in [-0.1, -0.05) is 30.3 Å². The van der Waals surface area contributed by atoms with E-state index in [-0.39, 0.29) is 12.4 Å². The summed E-state index contributed by atoms with van der Waals surface area (Å²) >= 11 is 0. The molecular formula is C15H16FN3O2. The van der Waals surface area contributed by atoms with Crippen molar-refractivity contribution in [3.8, 4) is 0 Å². The molecule has 0 saturated carbocycles. The number of rotatable bonds is 5. The normalized spacial score (nSPS) is 11.7. The quantitative estimate of drug-likeness (QED) is 0.787. The van der Waals surface area contributed by atoms with Crippen molar-refractivity contribution in [2.24, 2.45) is 0 Å². The third kappa shape index (κ3) is 5.19. The molecule has 0 aliphatic rings. The molecule has 0 saturated heterocycles. The fourth-order valence-electron chi connectivity index (χ4n) is 1.78. The van der Waals surface area contributed by atoms with Gasteiger partial charge in [0.15, 0.2) is 0 Å². The van der Waals surface area contributed by atoms with Crippen LogP contribution in [-0.4, -0.2) is 28.8 Å². The van der Waals surface area contributed by atoms with Crippen LogP contribution >= 0.6 is 0 Å².